The van der Waals surface area contributed by atoms with E-state index >= 15 is 4.39 Å². The van der Waals surface area contributed by atoms with Crippen molar-refractivity contribution in [1.82, 2.24) is 25.4 Å². The summed E-state index contributed by atoms with van der Waals surface area (Å²) in [6, 6.07) is 27.5. The summed E-state index contributed by atoms with van der Waals surface area (Å²) < 4.78 is 15.8. The molecule has 0 aliphatic carbocycles. The Bertz CT molecular complexity index is 1600. The normalized spacial score (nSPS) is 14.1. The van der Waals surface area contributed by atoms with Crippen LogP contribution in [0.5, 0.6) is 0 Å². The number of anilines is 1. The van der Waals surface area contributed by atoms with Crippen LogP contribution in [0.25, 0.3) is 39.2 Å². The van der Waals surface area contributed by atoms with Gasteiger partial charge < -0.3 is 15.1 Å². The minimum atomic E-state index is -0.350. The SMILES string of the molecule is C=C(NCc1ccccc1)c1cccc(-c2ccc3[nH]nc(-c4ccc(N5CCN(C)CC5)cc4)c3n2)c1F. The molecule has 0 spiro atoms. The fraction of sp³-hybridized carbons (Fsp3) is 0.188. The molecule has 6 rings (SSSR count). The average molecular weight is 519 g/mol. The quantitative estimate of drug-likeness (QED) is 0.279. The number of H-pyrrole nitrogens is 1. The summed E-state index contributed by atoms with van der Waals surface area (Å²) in [5.74, 6) is -0.350. The largest absolute Gasteiger partial charge is 0.381 e. The monoisotopic (exact) mass is 518 g/mol. The Hall–Kier alpha value is -4.49. The number of aromatic amines is 1. The van der Waals surface area contributed by atoms with E-state index in [9.17, 15) is 0 Å². The van der Waals surface area contributed by atoms with Crippen LogP contribution in [-0.4, -0.2) is 53.3 Å². The van der Waals surface area contributed by atoms with Gasteiger partial charge in [-0.2, -0.15) is 5.10 Å². The van der Waals surface area contributed by atoms with Crippen molar-refractivity contribution in [2.45, 2.75) is 6.54 Å². The maximum Gasteiger partial charge on any atom is 0.141 e. The highest BCUT2D eigenvalue weighted by Gasteiger charge is 2.18. The third-order valence-electron chi connectivity index (χ3n) is 7.37. The average Bonchev–Trinajstić information content (AvgIpc) is 3.40. The van der Waals surface area contributed by atoms with E-state index in [1.165, 1.54) is 5.69 Å². The zero-order valence-corrected chi connectivity index (χ0v) is 22.0. The lowest BCUT2D eigenvalue weighted by molar-refractivity contribution is 0.313. The molecule has 0 saturated carbocycles. The molecule has 7 heteroatoms. The number of nitrogens with one attached hydrogen (secondary N) is 2. The van der Waals surface area contributed by atoms with Crippen molar-refractivity contribution in [1.29, 1.82) is 0 Å². The van der Waals surface area contributed by atoms with E-state index in [1.807, 2.05) is 48.5 Å². The van der Waals surface area contributed by atoms with E-state index in [0.717, 1.165) is 48.5 Å². The Labute approximate surface area is 227 Å². The van der Waals surface area contributed by atoms with Gasteiger partial charge in [0.2, 0.25) is 0 Å². The molecule has 1 saturated heterocycles. The van der Waals surface area contributed by atoms with Gasteiger partial charge >= 0.3 is 0 Å². The molecular weight excluding hydrogens is 487 g/mol. The van der Waals surface area contributed by atoms with Gasteiger partial charge in [-0.3, -0.25) is 5.10 Å². The Balaban J connectivity index is 1.26. The molecule has 0 unspecified atom stereocenters. The number of hydrogen-bond acceptors (Lipinski definition) is 5. The highest BCUT2D eigenvalue weighted by molar-refractivity contribution is 5.91. The van der Waals surface area contributed by atoms with Crippen LogP contribution in [0, 0.1) is 5.82 Å². The van der Waals surface area contributed by atoms with Gasteiger partial charge in [0.15, 0.2) is 0 Å². The van der Waals surface area contributed by atoms with Crippen molar-refractivity contribution in [3.8, 4) is 22.5 Å². The topological polar surface area (TPSA) is 60.1 Å². The lowest BCUT2D eigenvalue weighted by Crippen LogP contribution is -2.44. The summed E-state index contributed by atoms with van der Waals surface area (Å²) in [6.07, 6.45) is 0. The van der Waals surface area contributed by atoms with Gasteiger partial charge in [-0.1, -0.05) is 55.1 Å². The van der Waals surface area contributed by atoms with Crippen molar-refractivity contribution < 1.29 is 4.39 Å². The molecule has 196 valence electrons. The molecule has 2 N–H and O–H groups in total. The lowest BCUT2D eigenvalue weighted by Gasteiger charge is -2.34. The Morgan fingerprint density at radius 1 is 0.923 bits per heavy atom. The third-order valence-corrected chi connectivity index (χ3v) is 7.37. The summed E-state index contributed by atoms with van der Waals surface area (Å²) in [4.78, 5) is 9.61. The number of aromatic nitrogens is 3. The maximum atomic E-state index is 15.8. The molecule has 1 fully saturated rings. The minimum Gasteiger partial charge on any atom is -0.381 e. The molecule has 1 aliphatic rings. The molecule has 0 amide bonds. The third kappa shape index (κ3) is 5.13. The Morgan fingerprint density at radius 2 is 1.69 bits per heavy atom. The number of rotatable bonds is 7. The highest BCUT2D eigenvalue weighted by atomic mass is 19.1. The van der Waals surface area contributed by atoms with Gasteiger partial charge in [0.05, 0.1) is 11.2 Å². The first-order valence-electron chi connectivity index (χ1n) is 13.2. The minimum absolute atomic E-state index is 0.350. The molecule has 1 aliphatic heterocycles. The van der Waals surface area contributed by atoms with E-state index in [2.05, 4.69) is 63.2 Å². The molecule has 39 heavy (non-hydrogen) atoms. The summed E-state index contributed by atoms with van der Waals surface area (Å²) in [6.45, 7) is 8.81. The van der Waals surface area contributed by atoms with Gasteiger partial charge in [-0.15, -0.1) is 0 Å². The molecule has 6 nitrogen and oxygen atoms in total. The van der Waals surface area contributed by atoms with Crippen LogP contribution >= 0.6 is 0 Å². The molecule has 5 aromatic rings. The molecule has 0 radical (unpaired) electrons. The number of benzene rings is 3. The van der Waals surface area contributed by atoms with E-state index in [1.54, 1.807) is 12.1 Å². The van der Waals surface area contributed by atoms with Crippen molar-refractivity contribution in [3.05, 3.63) is 108 Å². The van der Waals surface area contributed by atoms with E-state index in [4.69, 9.17) is 4.98 Å². The van der Waals surface area contributed by atoms with Crippen molar-refractivity contribution in [2.24, 2.45) is 0 Å². The first-order chi connectivity index (χ1) is 19.1. The standard InChI is InChI=1S/C32H31FN6/c1-22(34-21-23-7-4-3-5-8-23)26-9-6-10-27(30(26)33)28-15-16-29-32(35-28)31(37-36-29)24-11-13-25(14-12-24)39-19-17-38(2)18-20-39/h3-16,34H,1,17-21H2,2H3,(H,36,37). The van der Waals surface area contributed by atoms with E-state index in [-0.39, 0.29) is 5.82 Å². The Kier molecular flexibility index (Phi) is 6.82. The summed E-state index contributed by atoms with van der Waals surface area (Å²) in [5.41, 5.74) is 7.49. The van der Waals surface area contributed by atoms with Crippen LogP contribution in [0.2, 0.25) is 0 Å². The second kappa shape index (κ2) is 10.7. The van der Waals surface area contributed by atoms with Crippen LogP contribution in [0.15, 0.2) is 91.5 Å². The molecule has 0 bridgehead atoms. The number of piperazine rings is 1. The first kappa shape index (κ1) is 24.8. The van der Waals surface area contributed by atoms with Crippen molar-refractivity contribution in [3.63, 3.8) is 0 Å². The maximum absolute atomic E-state index is 15.8. The molecular formula is C32H31FN6. The van der Waals surface area contributed by atoms with Gasteiger partial charge in [0.1, 0.15) is 17.0 Å². The van der Waals surface area contributed by atoms with Crippen molar-refractivity contribution >= 4 is 22.4 Å². The predicted molar refractivity (Wildman–Crippen MR) is 157 cm³/mol. The molecule has 3 aromatic carbocycles. The zero-order valence-electron chi connectivity index (χ0n) is 22.0. The van der Waals surface area contributed by atoms with Crippen LogP contribution in [0.4, 0.5) is 10.1 Å². The van der Waals surface area contributed by atoms with Crippen LogP contribution in [0.3, 0.4) is 0 Å². The van der Waals surface area contributed by atoms with E-state index in [0.29, 0.717) is 34.6 Å². The molecule has 0 atom stereocenters. The number of fused-ring (bicyclic) bond motifs is 1. The number of pyridine rings is 1. The van der Waals surface area contributed by atoms with Crippen LogP contribution in [0.1, 0.15) is 11.1 Å². The van der Waals surface area contributed by atoms with Gasteiger partial charge in [-0.25, -0.2) is 9.37 Å². The fourth-order valence-corrected chi connectivity index (χ4v) is 5.01. The highest BCUT2D eigenvalue weighted by Crippen LogP contribution is 2.31. The number of halogens is 1. The second-order valence-corrected chi connectivity index (χ2v) is 9.99. The van der Waals surface area contributed by atoms with Gasteiger partial charge in [0, 0.05) is 60.8 Å². The second-order valence-electron chi connectivity index (χ2n) is 9.99. The number of hydrogen-bond donors (Lipinski definition) is 2. The fourth-order valence-electron chi connectivity index (χ4n) is 5.01. The summed E-state index contributed by atoms with van der Waals surface area (Å²) >= 11 is 0. The van der Waals surface area contributed by atoms with Gasteiger partial charge in [-0.05, 0) is 49.0 Å². The summed E-state index contributed by atoms with van der Waals surface area (Å²) in [5, 5.41) is 10.9. The van der Waals surface area contributed by atoms with Gasteiger partial charge in [0.25, 0.3) is 0 Å². The zero-order chi connectivity index (χ0) is 26.8. The smallest absolute Gasteiger partial charge is 0.141 e. The number of likely N-dealkylation sites (N-methyl/N-ethyl adjacent to an activating group) is 1. The first-order valence-corrected chi connectivity index (χ1v) is 13.2. The molecule has 3 heterocycles. The van der Waals surface area contributed by atoms with Crippen molar-refractivity contribution in [2.75, 3.05) is 38.1 Å². The summed E-state index contributed by atoms with van der Waals surface area (Å²) in [7, 11) is 2.16. The van der Waals surface area contributed by atoms with Crippen LogP contribution < -0.4 is 10.2 Å². The van der Waals surface area contributed by atoms with E-state index < -0.39 is 0 Å². The molecule has 2 aromatic heterocycles. The number of nitrogens with zero attached hydrogens (tertiary/aromatic N) is 4. The Morgan fingerprint density at radius 3 is 2.46 bits per heavy atom. The lowest BCUT2D eigenvalue weighted by atomic mass is 10.0. The van der Waals surface area contributed by atoms with Crippen LogP contribution in [-0.2, 0) is 6.54 Å². The predicted octanol–water partition coefficient (Wildman–Crippen LogP) is 5.94.